The van der Waals surface area contributed by atoms with Gasteiger partial charge in [-0.25, -0.2) is 9.59 Å². The maximum Gasteiger partial charge on any atom is 0.335 e. The smallest absolute Gasteiger partial charge is 0.335 e. The zero-order chi connectivity index (χ0) is 71.7. The molecule has 6 heterocycles. The number of allylic oxidation sites excluding steroid dienone is 1. The number of aliphatic hydroxyl groups is 14. The van der Waals surface area contributed by atoms with Crippen LogP contribution in [0.2, 0.25) is 0 Å². The average molecular weight is 1410 g/mol. The van der Waals surface area contributed by atoms with Gasteiger partial charge in [-0.1, -0.05) is 67.9 Å². The Morgan fingerprint density at radius 2 is 1.15 bits per heavy atom. The van der Waals surface area contributed by atoms with Crippen LogP contribution in [0.1, 0.15) is 140 Å². The summed E-state index contributed by atoms with van der Waals surface area (Å²) < 4.78 is 81.7. The van der Waals surface area contributed by atoms with Crippen LogP contribution >= 0.6 is 0 Å². The topological polar surface area (TPSA) is 475 Å². The van der Waals surface area contributed by atoms with Gasteiger partial charge in [0.25, 0.3) is 0 Å². The Morgan fingerprint density at radius 3 is 1.78 bits per heavy atom. The number of carbonyl (C=O) groups is 3. The number of fused-ring (bicyclic) bond motifs is 4. The van der Waals surface area contributed by atoms with Gasteiger partial charge >= 0.3 is 17.9 Å². The van der Waals surface area contributed by atoms with E-state index in [2.05, 4.69) is 34.6 Å². The third-order valence-electron chi connectivity index (χ3n) is 25.6. The van der Waals surface area contributed by atoms with Crippen LogP contribution in [0.5, 0.6) is 0 Å². The number of ether oxygens (including phenoxy) is 13. The first-order valence-electron chi connectivity index (χ1n) is 34.7. The monoisotopic (exact) mass is 1410 g/mol. The lowest BCUT2D eigenvalue weighted by atomic mass is 9.30. The van der Waals surface area contributed by atoms with Gasteiger partial charge in [-0.2, -0.15) is 0 Å². The minimum Gasteiger partial charge on any atom is -0.479 e. The number of rotatable bonds is 19. The number of carbonyl (C=O) groups excluding carboxylic acids is 2. The molecule has 0 radical (unpaired) electrons. The van der Waals surface area contributed by atoms with Crippen LogP contribution in [-0.4, -0.2) is 292 Å². The first-order valence-corrected chi connectivity index (χ1v) is 34.7. The van der Waals surface area contributed by atoms with Crippen LogP contribution < -0.4 is 0 Å². The molecule has 6 saturated heterocycles. The van der Waals surface area contributed by atoms with Crippen molar-refractivity contribution < 1.29 is 153 Å². The molecular formula is C67H106O31. The maximum absolute atomic E-state index is 13.7. The van der Waals surface area contributed by atoms with Crippen LogP contribution in [0.4, 0.5) is 0 Å². The standard InChI is InChI=1S/C67H106O31/c1-11-12-13-14-38(72)91-36-22-60(4,5)21-34-66-20-16-33-62(8)18-17-35(61(6,7)32(62)15-19-63(33,9)64(66,10)23-37(88-29(3)71)67(34,36)59(84)98-66)92-57-51(97-54-45(79)42(76)40(74)30(24-68)89-54)47(46(80)48(94-57)53(82)83)93-56-50(44(78)41(75)31(25-69)90-56)95-55-49(43(77)39(73)28(2)87-55)96-58-52(81)65(85,26-70)27-86-58/h13-14,28,30-37,39-52,54-59,68-70,73-81,84-85H,11-12,15-27H2,1-10H3,(H,82,83). The number of carboxylic acids is 1. The number of hydrogen-bond donors (Lipinski definition) is 15. The highest BCUT2D eigenvalue weighted by Crippen LogP contribution is 2.82. The summed E-state index contributed by atoms with van der Waals surface area (Å²) in [5, 5.41) is 168. The second kappa shape index (κ2) is 27.9. The van der Waals surface area contributed by atoms with Crippen molar-refractivity contribution in [1.29, 1.82) is 0 Å². The predicted molar refractivity (Wildman–Crippen MR) is 328 cm³/mol. The fourth-order valence-electron chi connectivity index (χ4n) is 20.4. The van der Waals surface area contributed by atoms with Gasteiger partial charge < -0.3 is 138 Å². The Morgan fingerprint density at radius 1 is 0.571 bits per heavy atom. The van der Waals surface area contributed by atoms with Gasteiger partial charge in [-0.15, -0.1) is 0 Å². The Kier molecular flexibility index (Phi) is 21.7. The van der Waals surface area contributed by atoms with Crippen molar-refractivity contribution in [2.45, 2.75) is 311 Å². The molecule has 11 fully saturated rings. The van der Waals surface area contributed by atoms with Crippen LogP contribution in [0.3, 0.4) is 0 Å². The Bertz CT molecular complexity index is 2870. The fraction of sp³-hybridized carbons (Fsp3) is 0.925. The van der Waals surface area contributed by atoms with Crippen molar-refractivity contribution in [3.05, 3.63) is 12.2 Å². The molecule has 5 aliphatic carbocycles. The van der Waals surface area contributed by atoms with Crippen molar-refractivity contribution in [3.8, 4) is 0 Å². The van der Waals surface area contributed by atoms with Gasteiger partial charge in [0.15, 0.2) is 43.8 Å². The molecule has 98 heavy (non-hydrogen) atoms. The molecule has 31 nitrogen and oxygen atoms in total. The van der Waals surface area contributed by atoms with Gasteiger partial charge in [0, 0.05) is 24.3 Å². The number of aliphatic hydroxyl groups excluding tert-OH is 13. The van der Waals surface area contributed by atoms with Crippen molar-refractivity contribution in [2.75, 3.05) is 26.4 Å². The first-order chi connectivity index (χ1) is 45.9. The molecule has 31 heteroatoms. The van der Waals surface area contributed by atoms with Gasteiger partial charge in [0.05, 0.1) is 44.2 Å². The largest absolute Gasteiger partial charge is 0.479 e. The van der Waals surface area contributed by atoms with Crippen molar-refractivity contribution >= 4 is 17.9 Å². The van der Waals surface area contributed by atoms with E-state index in [0.717, 1.165) is 6.42 Å². The zero-order valence-electron chi connectivity index (χ0n) is 57.2. The Hall–Kier alpha value is -2.85. The third kappa shape index (κ3) is 12.3. The van der Waals surface area contributed by atoms with E-state index in [0.29, 0.717) is 57.8 Å². The van der Waals surface area contributed by atoms with Crippen LogP contribution in [-0.2, 0) is 76.0 Å². The number of unbranched alkanes of at least 4 members (excludes halogenated alkanes) is 1. The van der Waals surface area contributed by atoms with E-state index in [9.17, 15) is 91.0 Å². The van der Waals surface area contributed by atoms with Crippen LogP contribution in [0.15, 0.2) is 12.2 Å². The molecular weight excluding hydrogens is 1300 g/mol. The molecule has 11 rings (SSSR count). The lowest BCUT2D eigenvalue weighted by Gasteiger charge is -2.75. The highest BCUT2D eigenvalue weighted by Gasteiger charge is 2.85. The fourth-order valence-corrected chi connectivity index (χ4v) is 20.4. The van der Waals surface area contributed by atoms with Crippen molar-refractivity contribution in [3.63, 3.8) is 0 Å². The molecule has 0 amide bonds. The van der Waals surface area contributed by atoms with E-state index in [1.165, 1.54) is 19.9 Å². The summed E-state index contributed by atoms with van der Waals surface area (Å²) in [6, 6.07) is 0. The zero-order valence-corrected chi connectivity index (χ0v) is 57.2. The molecule has 5 saturated carbocycles. The number of esters is 2. The van der Waals surface area contributed by atoms with Gasteiger partial charge in [0.1, 0.15) is 115 Å². The number of aliphatic carboxylic acids is 1. The summed E-state index contributed by atoms with van der Waals surface area (Å²) in [5.74, 6) is -3.50. The molecule has 0 aromatic rings. The highest BCUT2D eigenvalue weighted by molar-refractivity contribution is 5.82. The summed E-state index contributed by atoms with van der Waals surface area (Å²) in [7, 11) is 0. The number of carboxylic acid groups (broad SMARTS) is 1. The summed E-state index contributed by atoms with van der Waals surface area (Å²) in [4.78, 5) is 40.6. The van der Waals surface area contributed by atoms with Crippen molar-refractivity contribution in [1.82, 2.24) is 0 Å². The van der Waals surface area contributed by atoms with E-state index in [1.54, 1.807) is 6.08 Å². The van der Waals surface area contributed by atoms with Gasteiger partial charge in [0.2, 0.25) is 0 Å². The molecule has 0 aromatic heterocycles. The lowest BCUT2D eigenvalue weighted by Crippen LogP contribution is -2.76. The quantitative estimate of drug-likeness (QED) is 0.0378. The summed E-state index contributed by atoms with van der Waals surface area (Å²) in [6.07, 6.45) is -38.4. The SMILES string of the molecule is CCCC=CC(=O)OC1CC(C)(C)CC2C13C(O)OC21CCC2C4(C)CCC(OC5OC(C(=O)O)C(O)C(OC6OC(CO)C(O)C(O)C6OC6OC(C)C(O)C(O)C6OC6OCC(O)(CO)C6O)C5OC5OC(CO)C(O)C(O)C5O)C(C)(C)C4CCC2(C)C1(C)CC3OC(C)=O. The summed E-state index contributed by atoms with van der Waals surface area (Å²) >= 11 is 0. The molecule has 11 aliphatic rings. The second-order valence-corrected chi connectivity index (χ2v) is 32.0. The summed E-state index contributed by atoms with van der Waals surface area (Å²) in [6.45, 7) is 16.1. The molecule has 2 bridgehead atoms. The second-order valence-electron chi connectivity index (χ2n) is 32.0. The van der Waals surface area contributed by atoms with E-state index < -0.39 is 254 Å². The summed E-state index contributed by atoms with van der Waals surface area (Å²) in [5.41, 5.74) is -7.58. The molecule has 35 unspecified atom stereocenters. The Balaban J connectivity index is 0.916. The molecule has 15 N–H and O–H groups in total. The third-order valence-corrected chi connectivity index (χ3v) is 25.6. The van der Waals surface area contributed by atoms with Crippen molar-refractivity contribution in [2.24, 2.45) is 50.2 Å². The molecule has 0 aromatic carbocycles. The van der Waals surface area contributed by atoms with Gasteiger partial charge in [-0.3, -0.25) is 4.79 Å². The lowest BCUT2D eigenvalue weighted by molar-refractivity contribution is -0.409. The number of hydrogen-bond acceptors (Lipinski definition) is 30. The normalized spacial score (nSPS) is 52.7. The van der Waals surface area contributed by atoms with E-state index in [1.807, 2.05) is 20.8 Å². The van der Waals surface area contributed by atoms with E-state index in [-0.39, 0.29) is 18.3 Å². The Labute approximate surface area is 568 Å². The average Bonchev–Trinajstić information content (AvgIpc) is 1.38. The molecule has 1 spiro atoms. The highest BCUT2D eigenvalue weighted by atomic mass is 16.8. The molecule has 35 atom stereocenters. The van der Waals surface area contributed by atoms with Crippen LogP contribution in [0, 0.1) is 50.2 Å². The molecule has 6 aliphatic heterocycles. The van der Waals surface area contributed by atoms with Crippen LogP contribution in [0.25, 0.3) is 0 Å². The minimum atomic E-state index is -2.35. The predicted octanol–water partition coefficient (Wildman–Crippen LogP) is -2.00. The van der Waals surface area contributed by atoms with Gasteiger partial charge in [-0.05, 0) is 105 Å². The van der Waals surface area contributed by atoms with E-state index >= 15 is 0 Å². The first kappa shape index (κ1) is 76.3. The molecule has 560 valence electrons. The minimum absolute atomic E-state index is 0.0450. The van der Waals surface area contributed by atoms with E-state index in [4.69, 9.17) is 61.6 Å². The maximum atomic E-state index is 13.7.